The summed E-state index contributed by atoms with van der Waals surface area (Å²) >= 11 is 1.34. The number of aryl methyl sites for hydroxylation is 1. The molecule has 42 heavy (non-hydrogen) atoms. The van der Waals surface area contributed by atoms with Crippen LogP contribution in [0.4, 0.5) is 5.69 Å². The third kappa shape index (κ3) is 7.18. The lowest BCUT2D eigenvalue weighted by Gasteiger charge is -2.23. The highest BCUT2D eigenvalue weighted by atomic mass is 32.1. The predicted molar refractivity (Wildman–Crippen MR) is 153 cm³/mol. The van der Waals surface area contributed by atoms with Crippen LogP contribution in [0.5, 0.6) is 0 Å². The van der Waals surface area contributed by atoms with Gasteiger partial charge in [0.1, 0.15) is 17.1 Å². The number of amides is 3. The second-order valence-corrected chi connectivity index (χ2v) is 10.8. The fraction of sp³-hybridized carbons (Fsp3) is 0.464. The first-order valence-electron chi connectivity index (χ1n) is 14.0. The molecule has 14 heteroatoms. The van der Waals surface area contributed by atoms with Crippen LogP contribution in [0.1, 0.15) is 65.3 Å². The molecule has 3 aromatic rings. The average molecular weight is 596 g/mol. The smallest absolute Gasteiger partial charge is 0.315 e. The van der Waals surface area contributed by atoms with E-state index in [1.54, 1.807) is 34.3 Å². The van der Waals surface area contributed by atoms with Gasteiger partial charge in [-0.1, -0.05) is 0 Å². The Balaban J connectivity index is 1.43. The van der Waals surface area contributed by atoms with Crippen molar-refractivity contribution in [1.82, 2.24) is 30.0 Å². The normalized spacial score (nSPS) is 16.9. The Kier molecular flexibility index (Phi) is 9.54. The first-order valence-corrected chi connectivity index (χ1v) is 14.9. The van der Waals surface area contributed by atoms with Crippen LogP contribution in [0.2, 0.25) is 0 Å². The van der Waals surface area contributed by atoms with Crippen molar-refractivity contribution in [3.8, 4) is 10.6 Å². The van der Waals surface area contributed by atoms with E-state index in [0.29, 0.717) is 37.6 Å². The molecule has 1 fully saturated rings. The van der Waals surface area contributed by atoms with Gasteiger partial charge in [0.15, 0.2) is 5.69 Å². The largest absolute Gasteiger partial charge is 0.466 e. The number of nitrogens with one attached hydrogen (secondary N) is 2. The maximum Gasteiger partial charge on any atom is 0.315 e. The van der Waals surface area contributed by atoms with Crippen molar-refractivity contribution in [2.75, 3.05) is 44.8 Å². The van der Waals surface area contributed by atoms with Gasteiger partial charge in [-0.15, -0.1) is 11.3 Å². The Morgan fingerprint density at radius 3 is 2.83 bits per heavy atom. The Labute approximate surface area is 246 Å². The zero-order chi connectivity index (χ0) is 29.5. The van der Waals surface area contributed by atoms with Crippen LogP contribution in [0.25, 0.3) is 10.6 Å². The summed E-state index contributed by atoms with van der Waals surface area (Å²) in [5, 5.41) is 12.5. The molecule has 4 bridgehead atoms. The monoisotopic (exact) mass is 595 g/mol. The summed E-state index contributed by atoms with van der Waals surface area (Å²) < 4.78 is 12.1. The highest BCUT2D eigenvalue weighted by molar-refractivity contribution is 7.13. The molecular weight excluding hydrogens is 562 g/mol. The van der Waals surface area contributed by atoms with E-state index in [1.165, 1.54) is 11.3 Å². The van der Waals surface area contributed by atoms with Gasteiger partial charge in [0.05, 0.1) is 18.3 Å². The van der Waals surface area contributed by atoms with Gasteiger partial charge in [-0.2, -0.15) is 5.10 Å². The highest BCUT2D eigenvalue weighted by Gasteiger charge is 2.25. The average Bonchev–Trinajstić information content (AvgIpc) is 3.65. The minimum absolute atomic E-state index is 0.0281. The summed E-state index contributed by atoms with van der Waals surface area (Å²) in [6, 6.07) is 3.78. The number of fused-ring (bicyclic) bond motifs is 6. The molecule has 0 saturated carbocycles. The van der Waals surface area contributed by atoms with Gasteiger partial charge in [-0.3, -0.25) is 28.8 Å². The molecule has 13 nitrogen and oxygen atoms in total. The maximum absolute atomic E-state index is 13.3. The van der Waals surface area contributed by atoms with Crippen LogP contribution >= 0.6 is 11.3 Å². The van der Waals surface area contributed by atoms with E-state index in [1.807, 2.05) is 12.1 Å². The van der Waals surface area contributed by atoms with Crippen LogP contribution in [-0.2, 0) is 25.5 Å². The Hall–Kier alpha value is -4.17. The molecule has 3 aromatic heterocycles. The molecule has 0 aromatic carbocycles. The molecule has 0 aliphatic carbocycles. The van der Waals surface area contributed by atoms with Crippen LogP contribution < -0.4 is 10.6 Å². The number of ether oxygens (including phenoxy) is 2. The third-order valence-electron chi connectivity index (χ3n) is 7.04. The molecule has 0 atom stereocenters. The van der Waals surface area contributed by atoms with Crippen LogP contribution in [0, 0.1) is 0 Å². The summed E-state index contributed by atoms with van der Waals surface area (Å²) in [6.07, 6.45) is 5.61. The fourth-order valence-corrected chi connectivity index (χ4v) is 5.68. The van der Waals surface area contributed by atoms with Gasteiger partial charge in [0.2, 0.25) is 5.91 Å². The Bertz CT molecular complexity index is 1450. The van der Waals surface area contributed by atoms with Gasteiger partial charge in [-0.05, 0) is 44.7 Å². The lowest BCUT2D eigenvalue weighted by atomic mass is 10.1. The van der Waals surface area contributed by atoms with E-state index in [4.69, 9.17) is 9.47 Å². The lowest BCUT2D eigenvalue weighted by molar-refractivity contribution is -0.148. The van der Waals surface area contributed by atoms with Crippen molar-refractivity contribution in [1.29, 1.82) is 0 Å². The van der Waals surface area contributed by atoms with E-state index < -0.39 is 17.8 Å². The van der Waals surface area contributed by atoms with Crippen molar-refractivity contribution in [2.45, 2.75) is 45.1 Å². The minimum Gasteiger partial charge on any atom is -0.466 e. The number of thiazole rings is 1. The van der Waals surface area contributed by atoms with Gasteiger partial charge < -0.3 is 25.0 Å². The molecule has 222 valence electrons. The highest BCUT2D eigenvalue weighted by Crippen LogP contribution is 2.27. The number of pyridine rings is 1. The van der Waals surface area contributed by atoms with Crippen LogP contribution in [0.3, 0.4) is 0 Å². The van der Waals surface area contributed by atoms with Crippen molar-refractivity contribution in [2.24, 2.45) is 0 Å². The third-order valence-corrected chi connectivity index (χ3v) is 7.93. The standard InChI is InChI=1S/C28H33N7O6S/c1-2-41-24(37)15-23(36)34-10-3-4-19-14-18(5-8-29-19)28-32-22(17-42-28)26(38)31-21-16-35(20-6-12-40-13-7-20)33-25(21)27(39)30-9-11-34/h5,8,14,16-17,20H,2-4,6-7,9-13,15H2,1H3,(H,30,39)(H,31,38). The van der Waals surface area contributed by atoms with Gasteiger partial charge >= 0.3 is 5.97 Å². The van der Waals surface area contributed by atoms with Crippen molar-refractivity contribution in [3.63, 3.8) is 0 Å². The summed E-state index contributed by atoms with van der Waals surface area (Å²) in [5.41, 5.74) is 2.20. The Morgan fingerprint density at radius 1 is 1.19 bits per heavy atom. The molecule has 5 rings (SSSR count). The summed E-state index contributed by atoms with van der Waals surface area (Å²) in [4.78, 5) is 62.0. The molecule has 2 aliphatic heterocycles. The molecule has 1 saturated heterocycles. The number of esters is 1. The number of hydrogen-bond acceptors (Lipinski definition) is 10. The molecular formula is C28H33N7O6S. The van der Waals surface area contributed by atoms with Gasteiger partial charge in [0, 0.05) is 61.9 Å². The number of hydrogen-bond donors (Lipinski definition) is 2. The second kappa shape index (κ2) is 13.7. The first-order chi connectivity index (χ1) is 20.4. The number of rotatable bonds is 4. The number of anilines is 1. The fourth-order valence-electron chi connectivity index (χ4n) is 4.88. The molecule has 3 amide bonds. The zero-order valence-electron chi connectivity index (χ0n) is 23.3. The van der Waals surface area contributed by atoms with E-state index in [0.717, 1.165) is 24.1 Å². The van der Waals surface area contributed by atoms with E-state index >= 15 is 0 Å². The Morgan fingerprint density at radius 2 is 2.02 bits per heavy atom. The van der Waals surface area contributed by atoms with Crippen molar-refractivity contribution in [3.05, 3.63) is 47.0 Å². The van der Waals surface area contributed by atoms with Crippen LogP contribution in [0.15, 0.2) is 29.9 Å². The molecule has 0 unspecified atom stereocenters. The number of nitrogens with zero attached hydrogens (tertiary/aromatic N) is 5. The van der Waals surface area contributed by atoms with Gasteiger partial charge in [-0.25, -0.2) is 4.98 Å². The van der Waals surface area contributed by atoms with E-state index in [9.17, 15) is 19.2 Å². The number of carbonyl (C=O) groups is 4. The van der Waals surface area contributed by atoms with E-state index in [-0.39, 0.29) is 55.1 Å². The summed E-state index contributed by atoms with van der Waals surface area (Å²) in [6.45, 7) is 3.70. The molecule has 2 N–H and O–H groups in total. The number of carbonyl (C=O) groups excluding carboxylic acids is 4. The van der Waals surface area contributed by atoms with Crippen molar-refractivity contribution >= 4 is 40.7 Å². The molecule has 0 radical (unpaired) electrons. The quantitative estimate of drug-likeness (QED) is 0.341. The first kappa shape index (κ1) is 29.3. The SMILES string of the molecule is CCOC(=O)CC(=O)N1CCCc2cc(ccn2)-c2nc(cs2)C(=O)Nc2cn(C3CCOCC3)nc2C(=O)NCC1. The second-order valence-electron chi connectivity index (χ2n) is 9.96. The summed E-state index contributed by atoms with van der Waals surface area (Å²) in [5.74, 6) is -1.93. The van der Waals surface area contributed by atoms with Gasteiger partial charge in [0.25, 0.3) is 11.8 Å². The molecule has 5 heterocycles. The summed E-state index contributed by atoms with van der Waals surface area (Å²) in [7, 11) is 0. The van der Waals surface area contributed by atoms with E-state index in [2.05, 4.69) is 25.7 Å². The predicted octanol–water partition coefficient (Wildman–Crippen LogP) is 2.46. The lowest BCUT2D eigenvalue weighted by Crippen LogP contribution is -2.40. The zero-order valence-corrected chi connectivity index (χ0v) is 24.2. The topological polar surface area (TPSA) is 158 Å². The minimum atomic E-state index is -0.595. The number of aromatic nitrogens is 4. The maximum atomic E-state index is 13.3. The molecule has 0 spiro atoms. The molecule has 2 aliphatic rings. The van der Waals surface area contributed by atoms with Crippen molar-refractivity contribution < 1.29 is 28.7 Å². The van der Waals surface area contributed by atoms with Crippen LogP contribution in [-0.4, -0.2) is 87.8 Å².